The molecule has 4 nitrogen and oxygen atoms in total. The first-order chi connectivity index (χ1) is 10.3. The van der Waals surface area contributed by atoms with Crippen molar-refractivity contribution in [1.29, 1.82) is 0 Å². The smallest absolute Gasteiger partial charge is 0.137 e. The minimum atomic E-state index is 0.609. The number of rotatable bonds is 4. The molecule has 1 N–H and O–H groups in total. The Morgan fingerprint density at radius 1 is 1.14 bits per heavy atom. The van der Waals surface area contributed by atoms with Crippen LogP contribution >= 0.6 is 11.6 Å². The molecule has 21 heavy (non-hydrogen) atoms. The number of aromatic nitrogens is 2. The van der Waals surface area contributed by atoms with Gasteiger partial charge in [0.05, 0.1) is 12.6 Å². The number of benzene rings is 2. The molecule has 0 fully saturated rings. The summed E-state index contributed by atoms with van der Waals surface area (Å²) in [7, 11) is 1.64. The van der Waals surface area contributed by atoms with Gasteiger partial charge < -0.3 is 10.1 Å². The highest BCUT2D eigenvalue weighted by Crippen LogP contribution is 2.24. The molecule has 0 amide bonds. The van der Waals surface area contributed by atoms with Crippen molar-refractivity contribution in [2.75, 3.05) is 12.4 Å². The van der Waals surface area contributed by atoms with Gasteiger partial charge in [0.25, 0.3) is 0 Å². The molecule has 0 spiro atoms. The normalized spacial score (nSPS) is 10.6. The van der Waals surface area contributed by atoms with Crippen molar-refractivity contribution in [2.45, 2.75) is 6.54 Å². The molecule has 1 heterocycles. The Bertz CT molecular complexity index is 776. The average Bonchev–Trinajstić information content (AvgIpc) is 2.53. The van der Waals surface area contributed by atoms with E-state index in [9.17, 15) is 0 Å². The van der Waals surface area contributed by atoms with Crippen LogP contribution in [-0.2, 0) is 6.54 Å². The third-order valence-corrected chi connectivity index (χ3v) is 3.62. The second-order valence-corrected chi connectivity index (χ2v) is 4.96. The lowest BCUT2D eigenvalue weighted by molar-refractivity contribution is 0.415. The quantitative estimate of drug-likeness (QED) is 0.793. The van der Waals surface area contributed by atoms with Crippen LogP contribution in [0.2, 0.25) is 5.02 Å². The zero-order chi connectivity index (χ0) is 14.7. The molecule has 1 aromatic heterocycles. The minimum Gasteiger partial charge on any atom is -0.497 e. The molecule has 3 aromatic rings. The number of ether oxygens (including phenoxy) is 1. The minimum absolute atomic E-state index is 0.609. The van der Waals surface area contributed by atoms with Gasteiger partial charge in [-0.2, -0.15) is 0 Å². The second kappa shape index (κ2) is 5.97. The third-order valence-electron chi connectivity index (χ3n) is 3.25. The number of anilines is 1. The van der Waals surface area contributed by atoms with E-state index in [1.165, 1.54) is 6.33 Å². The molecule has 2 aromatic carbocycles. The van der Waals surface area contributed by atoms with Gasteiger partial charge in [-0.3, -0.25) is 0 Å². The van der Waals surface area contributed by atoms with Gasteiger partial charge in [0.15, 0.2) is 0 Å². The monoisotopic (exact) mass is 299 g/mol. The number of nitrogens with one attached hydrogen (secondary N) is 1. The SMILES string of the molecule is COc1ccc2c(NCc3ccccc3Cl)ncnc2c1. The van der Waals surface area contributed by atoms with Crippen molar-refractivity contribution in [3.05, 3.63) is 59.4 Å². The number of hydrogen-bond donors (Lipinski definition) is 1. The zero-order valence-electron chi connectivity index (χ0n) is 11.5. The Balaban J connectivity index is 1.89. The summed E-state index contributed by atoms with van der Waals surface area (Å²) in [5, 5.41) is 5.00. The Morgan fingerprint density at radius 2 is 2.00 bits per heavy atom. The molecular weight excluding hydrogens is 286 g/mol. The van der Waals surface area contributed by atoms with Gasteiger partial charge in [0, 0.05) is 23.0 Å². The van der Waals surface area contributed by atoms with Gasteiger partial charge in [-0.1, -0.05) is 29.8 Å². The number of methoxy groups -OCH3 is 1. The van der Waals surface area contributed by atoms with Crippen molar-refractivity contribution in [1.82, 2.24) is 9.97 Å². The zero-order valence-corrected chi connectivity index (χ0v) is 12.3. The van der Waals surface area contributed by atoms with Crippen molar-refractivity contribution in [3.8, 4) is 5.75 Å². The van der Waals surface area contributed by atoms with Crippen LogP contribution in [-0.4, -0.2) is 17.1 Å². The van der Waals surface area contributed by atoms with Crippen molar-refractivity contribution >= 4 is 28.3 Å². The molecule has 0 aliphatic heterocycles. The molecule has 3 rings (SSSR count). The Morgan fingerprint density at radius 3 is 2.81 bits per heavy atom. The van der Waals surface area contributed by atoms with Crippen molar-refractivity contribution < 1.29 is 4.74 Å². The highest BCUT2D eigenvalue weighted by molar-refractivity contribution is 6.31. The second-order valence-electron chi connectivity index (χ2n) is 4.55. The van der Waals surface area contributed by atoms with Crippen molar-refractivity contribution in [3.63, 3.8) is 0 Å². The van der Waals surface area contributed by atoms with Gasteiger partial charge in [0.2, 0.25) is 0 Å². The summed E-state index contributed by atoms with van der Waals surface area (Å²) >= 11 is 6.16. The van der Waals surface area contributed by atoms with Gasteiger partial charge in [0.1, 0.15) is 17.9 Å². The van der Waals surface area contributed by atoms with Gasteiger partial charge in [-0.15, -0.1) is 0 Å². The lowest BCUT2D eigenvalue weighted by Crippen LogP contribution is -2.03. The Labute approximate surface area is 127 Å². The van der Waals surface area contributed by atoms with Crippen LogP contribution in [0.3, 0.4) is 0 Å². The summed E-state index contributed by atoms with van der Waals surface area (Å²) in [6.45, 7) is 0.609. The van der Waals surface area contributed by atoms with Crippen LogP contribution in [0.5, 0.6) is 5.75 Å². The largest absolute Gasteiger partial charge is 0.497 e. The average molecular weight is 300 g/mol. The fraction of sp³-hybridized carbons (Fsp3) is 0.125. The molecule has 0 radical (unpaired) electrons. The van der Waals surface area contributed by atoms with E-state index in [4.69, 9.17) is 16.3 Å². The lowest BCUT2D eigenvalue weighted by Gasteiger charge is -2.10. The van der Waals surface area contributed by atoms with E-state index in [0.29, 0.717) is 6.54 Å². The maximum atomic E-state index is 6.16. The summed E-state index contributed by atoms with van der Waals surface area (Å²) in [5.74, 6) is 1.56. The van der Waals surface area contributed by atoms with Crippen LogP contribution < -0.4 is 10.1 Å². The Hall–Kier alpha value is -2.33. The first-order valence-electron chi connectivity index (χ1n) is 6.54. The molecule has 0 atom stereocenters. The van der Waals surface area contributed by atoms with Crippen molar-refractivity contribution in [2.24, 2.45) is 0 Å². The first-order valence-corrected chi connectivity index (χ1v) is 6.92. The summed E-state index contributed by atoms with van der Waals surface area (Å²) in [4.78, 5) is 8.57. The van der Waals surface area contributed by atoms with Crippen LogP contribution in [0.25, 0.3) is 10.9 Å². The van der Waals surface area contributed by atoms with E-state index in [0.717, 1.165) is 33.1 Å². The fourth-order valence-electron chi connectivity index (χ4n) is 2.13. The summed E-state index contributed by atoms with van der Waals surface area (Å²) in [6, 6.07) is 13.5. The third kappa shape index (κ3) is 2.90. The van der Waals surface area contributed by atoms with Crippen LogP contribution in [0.15, 0.2) is 48.8 Å². The number of halogens is 1. The lowest BCUT2D eigenvalue weighted by atomic mass is 10.2. The molecule has 106 valence electrons. The maximum Gasteiger partial charge on any atom is 0.137 e. The van der Waals surface area contributed by atoms with Gasteiger partial charge in [-0.25, -0.2) is 9.97 Å². The summed E-state index contributed by atoms with van der Waals surface area (Å²) in [6.07, 6.45) is 1.54. The molecular formula is C16H14ClN3O. The van der Waals surface area contributed by atoms with Crippen LogP contribution in [0.4, 0.5) is 5.82 Å². The van der Waals surface area contributed by atoms with E-state index in [-0.39, 0.29) is 0 Å². The number of nitrogens with zero attached hydrogens (tertiary/aromatic N) is 2. The van der Waals surface area contributed by atoms with Gasteiger partial charge >= 0.3 is 0 Å². The topological polar surface area (TPSA) is 47.0 Å². The van der Waals surface area contributed by atoms with E-state index in [1.807, 2.05) is 42.5 Å². The van der Waals surface area contributed by atoms with E-state index in [1.54, 1.807) is 7.11 Å². The summed E-state index contributed by atoms with van der Waals surface area (Å²) in [5.41, 5.74) is 1.87. The Kier molecular flexibility index (Phi) is 3.88. The number of hydrogen-bond acceptors (Lipinski definition) is 4. The molecule has 0 unspecified atom stereocenters. The van der Waals surface area contributed by atoms with Gasteiger partial charge in [-0.05, 0) is 23.8 Å². The highest BCUT2D eigenvalue weighted by Gasteiger charge is 2.06. The molecule has 0 aliphatic carbocycles. The predicted octanol–water partition coefficient (Wildman–Crippen LogP) is 3.90. The van der Waals surface area contributed by atoms with E-state index >= 15 is 0 Å². The standard InChI is InChI=1S/C16H14ClN3O/c1-21-12-6-7-13-15(8-12)19-10-20-16(13)18-9-11-4-2-3-5-14(11)17/h2-8,10H,9H2,1H3,(H,18,19,20). The summed E-state index contributed by atoms with van der Waals surface area (Å²) < 4.78 is 5.21. The molecule has 0 saturated carbocycles. The highest BCUT2D eigenvalue weighted by atomic mass is 35.5. The molecule has 0 saturated heterocycles. The molecule has 0 aliphatic rings. The fourth-order valence-corrected chi connectivity index (χ4v) is 2.33. The first kappa shape index (κ1) is 13.6. The molecule has 5 heteroatoms. The number of fused-ring (bicyclic) bond motifs is 1. The van der Waals surface area contributed by atoms with E-state index in [2.05, 4.69) is 15.3 Å². The van der Waals surface area contributed by atoms with Crippen LogP contribution in [0, 0.1) is 0 Å². The molecule has 0 bridgehead atoms. The maximum absolute atomic E-state index is 6.16. The van der Waals surface area contributed by atoms with E-state index < -0.39 is 0 Å². The van der Waals surface area contributed by atoms with Crippen LogP contribution in [0.1, 0.15) is 5.56 Å². The predicted molar refractivity (Wildman–Crippen MR) is 84.9 cm³/mol.